The number of nitrogens with zero attached hydrogens (tertiary/aromatic N) is 7. The first-order valence-electron chi connectivity index (χ1n) is 11.6. The van der Waals surface area contributed by atoms with E-state index in [1.807, 2.05) is 6.07 Å². The van der Waals surface area contributed by atoms with Gasteiger partial charge in [-0.05, 0) is 45.5 Å². The number of hydrogen-bond acceptors (Lipinski definition) is 6. The number of aryl methyl sites for hydroxylation is 2. The van der Waals surface area contributed by atoms with E-state index in [9.17, 15) is 9.18 Å². The molecule has 1 aliphatic heterocycles. The third-order valence-electron chi connectivity index (χ3n) is 6.68. The van der Waals surface area contributed by atoms with Crippen molar-refractivity contribution in [1.82, 2.24) is 29.3 Å². The minimum Gasteiger partial charge on any atom is -0.370 e. The minimum absolute atomic E-state index is 0.227. The number of nitrogens with one attached hydrogen (secondary N) is 1. The number of amides is 1. The van der Waals surface area contributed by atoms with Crippen LogP contribution in [-0.2, 0) is 7.05 Å². The quantitative estimate of drug-likeness (QED) is 0.488. The second-order valence-electron chi connectivity index (χ2n) is 8.95. The highest BCUT2D eigenvalue weighted by atomic mass is 19.1. The van der Waals surface area contributed by atoms with Crippen molar-refractivity contribution < 1.29 is 9.18 Å². The summed E-state index contributed by atoms with van der Waals surface area (Å²) in [4.78, 5) is 23.5. The van der Waals surface area contributed by atoms with Gasteiger partial charge in [-0.1, -0.05) is 6.92 Å². The van der Waals surface area contributed by atoms with Gasteiger partial charge in [0.2, 0.25) is 0 Å². The van der Waals surface area contributed by atoms with Gasteiger partial charge in [0.1, 0.15) is 11.0 Å². The smallest absolute Gasteiger partial charge is 0.258 e. The fraction of sp³-hybridized carbons (Fsp3) is 0.417. The normalized spacial score (nSPS) is 15.1. The number of hydrogen-bond donors (Lipinski definition) is 1. The number of anilines is 2. The van der Waals surface area contributed by atoms with Crippen LogP contribution in [0.4, 0.5) is 15.8 Å². The molecule has 1 aliphatic rings. The number of pyridine rings is 1. The third-order valence-corrected chi connectivity index (χ3v) is 6.68. The van der Waals surface area contributed by atoms with E-state index in [0.717, 1.165) is 38.2 Å². The number of imidazole rings is 1. The largest absolute Gasteiger partial charge is 0.370 e. The zero-order valence-electron chi connectivity index (χ0n) is 19.9. The molecule has 3 aromatic heterocycles. The molecule has 1 aromatic carbocycles. The second-order valence-corrected chi connectivity index (χ2v) is 8.95. The minimum atomic E-state index is -0.497. The van der Waals surface area contributed by atoms with Crippen molar-refractivity contribution >= 4 is 34.0 Å². The molecule has 0 spiro atoms. The lowest BCUT2D eigenvalue weighted by Crippen LogP contribution is -2.43. The van der Waals surface area contributed by atoms with Crippen molar-refractivity contribution in [2.24, 2.45) is 7.05 Å². The molecule has 0 atom stereocenters. The van der Waals surface area contributed by atoms with Crippen LogP contribution in [0.3, 0.4) is 0 Å². The summed E-state index contributed by atoms with van der Waals surface area (Å²) in [5.74, 6) is -0.862. The summed E-state index contributed by atoms with van der Waals surface area (Å²) in [6.45, 7) is 6.87. The van der Waals surface area contributed by atoms with Crippen molar-refractivity contribution in [3.05, 3.63) is 47.7 Å². The average Bonchev–Trinajstić information content (AvgIpc) is 3.39. The Morgan fingerprint density at radius 3 is 2.68 bits per heavy atom. The molecule has 0 unspecified atom stereocenters. The number of piperidine rings is 1. The van der Waals surface area contributed by atoms with Gasteiger partial charge in [-0.25, -0.2) is 9.37 Å². The van der Waals surface area contributed by atoms with Gasteiger partial charge in [0, 0.05) is 44.6 Å². The first-order chi connectivity index (χ1) is 16.3. The van der Waals surface area contributed by atoms with Gasteiger partial charge in [0.15, 0.2) is 11.5 Å². The molecule has 1 fully saturated rings. The number of benzene rings is 1. The van der Waals surface area contributed by atoms with Crippen molar-refractivity contribution in [2.45, 2.75) is 32.7 Å². The molecule has 5 rings (SSSR count). The monoisotopic (exact) mass is 464 g/mol. The lowest BCUT2D eigenvalue weighted by Gasteiger charge is -2.37. The molecular weight excluding hydrogens is 435 g/mol. The van der Waals surface area contributed by atoms with Gasteiger partial charge < -0.3 is 19.5 Å². The highest BCUT2D eigenvalue weighted by Gasteiger charge is 2.25. The maximum atomic E-state index is 14.5. The number of fused-ring (bicyclic) bond motifs is 2. The fourth-order valence-electron chi connectivity index (χ4n) is 4.77. The molecule has 4 heterocycles. The van der Waals surface area contributed by atoms with Crippen molar-refractivity contribution in [3.8, 4) is 0 Å². The zero-order valence-corrected chi connectivity index (χ0v) is 19.9. The molecule has 0 saturated carbocycles. The van der Waals surface area contributed by atoms with E-state index in [1.54, 1.807) is 36.8 Å². The predicted octanol–water partition coefficient (Wildman–Crippen LogP) is 3.24. The SMILES string of the molecule is CCN(C)C1CCN(c2ccc(C(=O)Nc3cc(F)c4nc(C)cn4c3)c3nn(C)nc23)CC1. The van der Waals surface area contributed by atoms with Gasteiger partial charge in [-0.3, -0.25) is 4.79 Å². The Hall–Kier alpha value is -3.53. The zero-order chi connectivity index (χ0) is 24.0. The van der Waals surface area contributed by atoms with Gasteiger partial charge in [-0.2, -0.15) is 15.0 Å². The number of carbonyl (C=O) groups is 1. The van der Waals surface area contributed by atoms with E-state index in [4.69, 9.17) is 0 Å². The van der Waals surface area contributed by atoms with Gasteiger partial charge in [-0.15, -0.1) is 0 Å². The van der Waals surface area contributed by atoms with E-state index >= 15 is 0 Å². The van der Waals surface area contributed by atoms with E-state index in [1.165, 1.54) is 10.9 Å². The van der Waals surface area contributed by atoms with Crippen LogP contribution < -0.4 is 10.2 Å². The molecule has 34 heavy (non-hydrogen) atoms. The van der Waals surface area contributed by atoms with Gasteiger partial charge >= 0.3 is 0 Å². The Morgan fingerprint density at radius 2 is 1.94 bits per heavy atom. The lowest BCUT2D eigenvalue weighted by molar-refractivity contribution is 0.102. The molecule has 178 valence electrons. The summed E-state index contributed by atoms with van der Waals surface area (Å²) in [5, 5.41) is 11.8. The predicted molar refractivity (Wildman–Crippen MR) is 130 cm³/mol. The van der Waals surface area contributed by atoms with Crippen LogP contribution in [0.5, 0.6) is 0 Å². The Balaban J connectivity index is 1.42. The van der Waals surface area contributed by atoms with E-state index in [-0.39, 0.29) is 11.6 Å². The van der Waals surface area contributed by atoms with Crippen molar-refractivity contribution in [1.29, 1.82) is 0 Å². The topological polar surface area (TPSA) is 83.6 Å². The van der Waals surface area contributed by atoms with Gasteiger partial charge in [0.25, 0.3) is 5.91 Å². The first-order valence-corrected chi connectivity index (χ1v) is 11.6. The number of aromatic nitrogens is 5. The molecule has 0 bridgehead atoms. The van der Waals surface area contributed by atoms with E-state index < -0.39 is 5.82 Å². The van der Waals surface area contributed by atoms with Gasteiger partial charge in [0.05, 0.1) is 22.6 Å². The third kappa shape index (κ3) is 3.98. The molecular formula is C24H29FN8O. The summed E-state index contributed by atoms with van der Waals surface area (Å²) >= 11 is 0. The Kier molecular flexibility index (Phi) is 5.68. The summed E-state index contributed by atoms with van der Waals surface area (Å²) in [7, 11) is 3.92. The van der Waals surface area contributed by atoms with E-state index in [2.05, 4.69) is 44.3 Å². The molecule has 4 aromatic rings. The van der Waals surface area contributed by atoms with Crippen LogP contribution in [-0.4, -0.2) is 67.9 Å². The molecule has 0 radical (unpaired) electrons. The molecule has 1 amide bonds. The Bertz CT molecular complexity index is 1370. The summed E-state index contributed by atoms with van der Waals surface area (Å²) in [5.41, 5.74) is 3.88. The highest BCUT2D eigenvalue weighted by Crippen LogP contribution is 2.30. The van der Waals surface area contributed by atoms with Crippen LogP contribution in [0.1, 0.15) is 35.8 Å². The maximum Gasteiger partial charge on any atom is 0.258 e. The summed E-state index contributed by atoms with van der Waals surface area (Å²) < 4.78 is 16.0. The van der Waals surface area contributed by atoms with E-state index in [0.29, 0.717) is 34.0 Å². The Morgan fingerprint density at radius 1 is 1.21 bits per heavy atom. The fourth-order valence-corrected chi connectivity index (χ4v) is 4.77. The Labute approximate surface area is 197 Å². The maximum absolute atomic E-state index is 14.5. The molecule has 9 nitrogen and oxygen atoms in total. The number of halogens is 1. The second kappa shape index (κ2) is 8.68. The number of rotatable bonds is 5. The summed E-state index contributed by atoms with van der Waals surface area (Å²) in [6.07, 6.45) is 5.52. The standard InChI is InChI=1S/C24H29FN8O/c1-5-30(3)17-8-10-32(11-9-17)20-7-6-18(21-22(20)29-31(4)28-21)24(34)27-16-12-19(25)23-26-15(2)13-33(23)14-16/h6-7,12-14,17H,5,8-11H2,1-4H3,(H,27,34). The van der Waals surface area contributed by atoms with Crippen LogP contribution in [0, 0.1) is 12.7 Å². The van der Waals surface area contributed by atoms with Crippen molar-refractivity contribution in [3.63, 3.8) is 0 Å². The van der Waals surface area contributed by atoms with Crippen molar-refractivity contribution in [2.75, 3.05) is 36.9 Å². The molecule has 10 heteroatoms. The lowest BCUT2D eigenvalue weighted by atomic mass is 10.0. The molecule has 1 saturated heterocycles. The number of carbonyl (C=O) groups excluding carboxylic acids is 1. The molecule has 0 aliphatic carbocycles. The molecule has 1 N–H and O–H groups in total. The van der Waals surface area contributed by atoms with Crippen LogP contribution >= 0.6 is 0 Å². The summed E-state index contributed by atoms with van der Waals surface area (Å²) in [6, 6.07) is 5.58. The first kappa shape index (κ1) is 22.3. The highest BCUT2D eigenvalue weighted by molar-refractivity contribution is 6.13. The van der Waals surface area contributed by atoms with Crippen LogP contribution in [0.2, 0.25) is 0 Å². The average molecular weight is 465 g/mol. The van der Waals surface area contributed by atoms with Crippen LogP contribution in [0.15, 0.2) is 30.6 Å². The van der Waals surface area contributed by atoms with Crippen LogP contribution in [0.25, 0.3) is 16.7 Å².